The Kier molecular flexibility index (Phi) is 3.94. The highest BCUT2D eigenvalue weighted by Gasteiger charge is 2.21. The zero-order valence-electron chi connectivity index (χ0n) is 10.1. The van der Waals surface area contributed by atoms with E-state index in [0.717, 1.165) is 31.4 Å². The van der Waals surface area contributed by atoms with Gasteiger partial charge in [-0.1, -0.05) is 12.1 Å². The van der Waals surface area contributed by atoms with Gasteiger partial charge in [0.2, 0.25) is 6.08 Å². The topological polar surface area (TPSA) is 38.7 Å². The summed E-state index contributed by atoms with van der Waals surface area (Å²) >= 11 is 0. The molecule has 1 aromatic rings. The molecule has 0 unspecified atom stereocenters. The van der Waals surface area contributed by atoms with Gasteiger partial charge in [-0.2, -0.15) is 0 Å². The van der Waals surface area contributed by atoms with Gasteiger partial charge < -0.3 is 4.74 Å². The van der Waals surface area contributed by atoms with Crippen LogP contribution in [-0.2, 0) is 4.79 Å². The average molecular weight is 231 g/mol. The molecule has 0 atom stereocenters. The zero-order chi connectivity index (χ0) is 12.1. The van der Waals surface area contributed by atoms with E-state index >= 15 is 0 Å². The van der Waals surface area contributed by atoms with Crippen molar-refractivity contribution < 1.29 is 9.53 Å². The molecule has 0 aliphatic heterocycles. The van der Waals surface area contributed by atoms with Gasteiger partial charge in [-0.25, -0.2) is 9.79 Å². The Morgan fingerprint density at radius 2 is 2.06 bits per heavy atom. The standard InChI is InChI=1S/C14H17NO2/c1-11-3-2-4-14(9-11)17-13-7-5-12(6-8-13)15-10-16/h2-4,9,12-13H,5-8H2,1H3. The third-order valence-corrected chi connectivity index (χ3v) is 3.17. The summed E-state index contributed by atoms with van der Waals surface area (Å²) in [7, 11) is 0. The van der Waals surface area contributed by atoms with Crippen LogP contribution >= 0.6 is 0 Å². The highest BCUT2D eigenvalue weighted by Crippen LogP contribution is 2.25. The van der Waals surface area contributed by atoms with Crippen LogP contribution in [0.15, 0.2) is 29.3 Å². The molecule has 17 heavy (non-hydrogen) atoms. The van der Waals surface area contributed by atoms with Crippen molar-refractivity contribution in [1.82, 2.24) is 0 Å². The second-order valence-electron chi connectivity index (χ2n) is 4.59. The van der Waals surface area contributed by atoms with Gasteiger partial charge in [0.05, 0.1) is 12.1 Å². The summed E-state index contributed by atoms with van der Waals surface area (Å²) in [5, 5.41) is 0. The highest BCUT2D eigenvalue weighted by atomic mass is 16.5. The molecular formula is C14H17NO2. The molecule has 0 heterocycles. The van der Waals surface area contributed by atoms with Gasteiger partial charge in [0.25, 0.3) is 0 Å². The summed E-state index contributed by atoms with van der Waals surface area (Å²) < 4.78 is 5.92. The summed E-state index contributed by atoms with van der Waals surface area (Å²) in [6.07, 6.45) is 5.67. The van der Waals surface area contributed by atoms with Crippen molar-refractivity contribution in [1.29, 1.82) is 0 Å². The number of aryl methyl sites for hydroxylation is 1. The molecule has 1 saturated carbocycles. The maximum atomic E-state index is 10.2. The largest absolute Gasteiger partial charge is 0.490 e. The SMILES string of the molecule is Cc1cccc(OC2CCC(N=C=O)CC2)c1. The van der Waals surface area contributed by atoms with Crippen molar-refractivity contribution in [3.05, 3.63) is 29.8 Å². The average Bonchev–Trinajstić information content (AvgIpc) is 2.32. The first-order valence-electron chi connectivity index (χ1n) is 6.08. The van der Waals surface area contributed by atoms with Crippen molar-refractivity contribution >= 4 is 6.08 Å². The predicted molar refractivity (Wildman–Crippen MR) is 66.0 cm³/mol. The van der Waals surface area contributed by atoms with Gasteiger partial charge in [-0.3, -0.25) is 0 Å². The summed E-state index contributed by atoms with van der Waals surface area (Å²) in [5.74, 6) is 0.937. The number of benzene rings is 1. The molecule has 90 valence electrons. The third-order valence-electron chi connectivity index (χ3n) is 3.17. The van der Waals surface area contributed by atoms with E-state index < -0.39 is 0 Å². The van der Waals surface area contributed by atoms with E-state index in [1.807, 2.05) is 12.1 Å². The first kappa shape index (κ1) is 11.9. The lowest BCUT2D eigenvalue weighted by atomic mass is 9.93. The van der Waals surface area contributed by atoms with E-state index in [1.165, 1.54) is 5.56 Å². The highest BCUT2D eigenvalue weighted by molar-refractivity contribution is 5.33. The molecule has 1 aliphatic carbocycles. The van der Waals surface area contributed by atoms with Crippen molar-refractivity contribution in [2.24, 2.45) is 4.99 Å². The van der Waals surface area contributed by atoms with E-state index in [4.69, 9.17) is 4.74 Å². The van der Waals surface area contributed by atoms with E-state index in [-0.39, 0.29) is 12.1 Å². The van der Waals surface area contributed by atoms with Crippen LogP contribution in [0.5, 0.6) is 5.75 Å². The molecular weight excluding hydrogens is 214 g/mol. The predicted octanol–water partition coefficient (Wildman–Crippen LogP) is 3.02. The van der Waals surface area contributed by atoms with Crippen molar-refractivity contribution in [2.45, 2.75) is 44.8 Å². The molecule has 0 radical (unpaired) electrons. The van der Waals surface area contributed by atoms with E-state index in [9.17, 15) is 4.79 Å². The summed E-state index contributed by atoms with van der Waals surface area (Å²) in [4.78, 5) is 13.9. The number of isocyanates is 1. The fraction of sp³-hybridized carbons (Fsp3) is 0.500. The quantitative estimate of drug-likeness (QED) is 0.592. The Morgan fingerprint density at radius 1 is 1.29 bits per heavy atom. The van der Waals surface area contributed by atoms with E-state index in [0.29, 0.717) is 0 Å². The fourth-order valence-electron chi connectivity index (χ4n) is 2.25. The molecule has 0 saturated heterocycles. The van der Waals surface area contributed by atoms with Crippen LogP contribution in [-0.4, -0.2) is 18.2 Å². The van der Waals surface area contributed by atoms with Gasteiger partial charge in [0.1, 0.15) is 5.75 Å². The molecule has 0 N–H and O–H groups in total. The molecule has 0 bridgehead atoms. The van der Waals surface area contributed by atoms with Crippen molar-refractivity contribution in [2.75, 3.05) is 0 Å². The van der Waals surface area contributed by atoms with Gasteiger partial charge in [-0.05, 0) is 50.3 Å². The number of hydrogen-bond donors (Lipinski definition) is 0. The molecule has 1 aliphatic rings. The summed E-state index contributed by atoms with van der Waals surface area (Å²) in [5.41, 5.74) is 1.21. The maximum Gasteiger partial charge on any atom is 0.235 e. The molecule has 0 spiro atoms. The minimum Gasteiger partial charge on any atom is -0.490 e. The van der Waals surface area contributed by atoms with Gasteiger partial charge in [-0.15, -0.1) is 0 Å². The number of rotatable bonds is 3. The zero-order valence-corrected chi connectivity index (χ0v) is 10.1. The minimum absolute atomic E-state index is 0.157. The van der Waals surface area contributed by atoms with Crippen LogP contribution in [0.2, 0.25) is 0 Å². The lowest BCUT2D eigenvalue weighted by Gasteiger charge is -2.26. The minimum atomic E-state index is 0.157. The van der Waals surface area contributed by atoms with Crippen LogP contribution in [0, 0.1) is 6.92 Å². The molecule has 1 fully saturated rings. The third kappa shape index (κ3) is 3.43. The second-order valence-corrected chi connectivity index (χ2v) is 4.59. The molecule has 0 aromatic heterocycles. The monoisotopic (exact) mass is 231 g/mol. The Morgan fingerprint density at radius 3 is 2.71 bits per heavy atom. The molecule has 3 heteroatoms. The van der Waals surface area contributed by atoms with Crippen molar-refractivity contribution in [3.8, 4) is 5.75 Å². The fourth-order valence-corrected chi connectivity index (χ4v) is 2.25. The van der Waals surface area contributed by atoms with Gasteiger partial charge in [0.15, 0.2) is 0 Å². The van der Waals surface area contributed by atoms with Gasteiger partial charge in [0, 0.05) is 0 Å². The van der Waals surface area contributed by atoms with Crippen molar-refractivity contribution in [3.63, 3.8) is 0 Å². The van der Waals surface area contributed by atoms with Crippen LogP contribution < -0.4 is 4.74 Å². The smallest absolute Gasteiger partial charge is 0.235 e. The first-order chi connectivity index (χ1) is 8.28. The Labute approximate surface area is 102 Å². The number of carbonyl (C=O) groups excluding carboxylic acids is 1. The Bertz CT molecular complexity index is 416. The Balaban J connectivity index is 1.88. The lowest BCUT2D eigenvalue weighted by molar-refractivity contribution is 0.147. The second kappa shape index (κ2) is 5.65. The van der Waals surface area contributed by atoms with E-state index in [1.54, 1.807) is 6.08 Å². The summed E-state index contributed by atoms with van der Waals surface area (Å²) in [6.45, 7) is 2.06. The van der Waals surface area contributed by atoms with Crippen LogP contribution in [0.1, 0.15) is 31.2 Å². The maximum absolute atomic E-state index is 10.2. The summed E-state index contributed by atoms with van der Waals surface area (Å²) in [6, 6.07) is 8.26. The molecule has 1 aromatic carbocycles. The number of hydrogen-bond acceptors (Lipinski definition) is 3. The molecule has 0 amide bonds. The van der Waals surface area contributed by atoms with Gasteiger partial charge >= 0.3 is 0 Å². The lowest BCUT2D eigenvalue weighted by Crippen LogP contribution is -2.25. The van der Waals surface area contributed by atoms with Crippen LogP contribution in [0.3, 0.4) is 0 Å². The first-order valence-corrected chi connectivity index (χ1v) is 6.08. The normalized spacial score (nSPS) is 23.8. The molecule has 3 nitrogen and oxygen atoms in total. The van der Waals surface area contributed by atoms with Crippen LogP contribution in [0.25, 0.3) is 0 Å². The number of aliphatic imine (C=N–C) groups is 1. The molecule has 2 rings (SSSR count). The number of ether oxygens (including phenoxy) is 1. The van der Waals surface area contributed by atoms with Crippen LogP contribution in [0.4, 0.5) is 0 Å². The number of nitrogens with zero attached hydrogens (tertiary/aromatic N) is 1. The van der Waals surface area contributed by atoms with E-state index in [2.05, 4.69) is 24.0 Å². The Hall–Kier alpha value is -1.60.